The van der Waals surface area contributed by atoms with E-state index < -0.39 is 0 Å². The predicted octanol–water partition coefficient (Wildman–Crippen LogP) is 3.04. The lowest BCUT2D eigenvalue weighted by molar-refractivity contribution is 0.274. The number of pyridine rings is 1. The zero-order valence-electron chi connectivity index (χ0n) is 11.8. The Labute approximate surface area is 119 Å². The Balaban J connectivity index is 2.53. The number of aliphatic hydroxyl groups excluding tert-OH is 1. The van der Waals surface area contributed by atoms with Gasteiger partial charge in [-0.2, -0.15) is 0 Å². The van der Waals surface area contributed by atoms with Crippen LogP contribution < -0.4 is 9.47 Å². The number of aliphatic hydroxyl groups is 1. The van der Waals surface area contributed by atoms with E-state index in [2.05, 4.69) is 4.98 Å². The van der Waals surface area contributed by atoms with E-state index in [1.165, 1.54) is 0 Å². The maximum absolute atomic E-state index is 9.58. The van der Waals surface area contributed by atoms with Crippen LogP contribution >= 0.6 is 0 Å². The first-order valence-electron chi connectivity index (χ1n) is 6.73. The lowest BCUT2D eigenvalue weighted by Gasteiger charge is -2.15. The SMILES string of the molecule is CCOc1cc(CO)c(-c2ccncc2)cc1OCC. The van der Waals surface area contributed by atoms with E-state index in [0.29, 0.717) is 24.7 Å². The smallest absolute Gasteiger partial charge is 0.161 e. The molecule has 4 nitrogen and oxygen atoms in total. The van der Waals surface area contributed by atoms with Crippen LogP contribution in [0.15, 0.2) is 36.7 Å². The summed E-state index contributed by atoms with van der Waals surface area (Å²) < 4.78 is 11.2. The van der Waals surface area contributed by atoms with Crippen LogP contribution in [0.4, 0.5) is 0 Å². The first-order valence-corrected chi connectivity index (χ1v) is 6.73. The van der Waals surface area contributed by atoms with Gasteiger partial charge in [-0.25, -0.2) is 0 Å². The van der Waals surface area contributed by atoms with Gasteiger partial charge in [-0.15, -0.1) is 0 Å². The number of ether oxygens (including phenoxy) is 2. The Hall–Kier alpha value is -2.07. The minimum absolute atomic E-state index is 0.0515. The van der Waals surface area contributed by atoms with Crippen molar-refractivity contribution in [3.05, 3.63) is 42.2 Å². The highest BCUT2D eigenvalue weighted by molar-refractivity contribution is 5.70. The lowest BCUT2D eigenvalue weighted by atomic mass is 10.00. The van der Waals surface area contributed by atoms with Crippen molar-refractivity contribution in [2.24, 2.45) is 0 Å². The third-order valence-corrected chi connectivity index (χ3v) is 2.93. The molecule has 106 valence electrons. The molecule has 0 amide bonds. The van der Waals surface area contributed by atoms with Gasteiger partial charge in [0, 0.05) is 12.4 Å². The molecule has 1 aromatic carbocycles. The molecule has 0 saturated carbocycles. The fourth-order valence-corrected chi connectivity index (χ4v) is 2.07. The van der Waals surface area contributed by atoms with Crippen molar-refractivity contribution >= 4 is 0 Å². The highest BCUT2D eigenvalue weighted by Gasteiger charge is 2.12. The van der Waals surface area contributed by atoms with Crippen molar-refractivity contribution in [1.29, 1.82) is 0 Å². The van der Waals surface area contributed by atoms with Crippen molar-refractivity contribution in [1.82, 2.24) is 4.98 Å². The molecule has 2 rings (SSSR count). The van der Waals surface area contributed by atoms with Gasteiger partial charge in [-0.3, -0.25) is 4.98 Å². The van der Waals surface area contributed by atoms with Gasteiger partial charge >= 0.3 is 0 Å². The van der Waals surface area contributed by atoms with Crippen molar-refractivity contribution < 1.29 is 14.6 Å². The van der Waals surface area contributed by atoms with Crippen LogP contribution in [0.2, 0.25) is 0 Å². The molecule has 4 heteroatoms. The first-order chi connectivity index (χ1) is 9.80. The molecule has 0 radical (unpaired) electrons. The summed E-state index contributed by atoms with van der Waals surface area (Å²) in [5.41, 5.74) is 2.73. The van der Waals surface area contributed by atoms with Crippen LogP contribution in [0, 0.1) is 0 Å². The van der Waals surface area contributed by atoms with Gasteiger partial charge in [0.15, 0.2) is 11.5 Å². The molecule has 0 saturated heterocycles. The topological polar surface area (TPSA) is 51.6 Å². The van der Waals surface area contributed by atoms with E-state index in [9.17, 15) is 5.11 Å². The molecule has 2 aromatic rings. The largest absolute Gasteiger partial charge is 0.490 e. The standard InChI is InChI=1S/C16H19NO3/c1-3-19-15-9-13(11-18)14(10-16(15)20-4-2)12-5-7-17-8-6-12/h5-10,18H,3-4,11H2,1-2H3. The van der Waals surface area contributed by atoms with E-state index in [4.69, 9.17) is 9.47 Å². The number of aromatic nitrogens is 1. The summed E-state index contributed by atoms with van der Waals surface area (Å²) >= 11 is 0. The van der Waals surface area contributed by atoms with E-state index in [-0.39, 0.29) is 6.61 Å². The van der Waals surface area contributed by atoms with Crippen molar-refractivity contribution in [3.63, 3.8) is 0 Å². The third kappa shape index (κ3) is 3.08. The van der Waals surface area contributed by atoms with Gasteiger partial charge in [0.25, 0.3) is 0 Å². The molecular formula is C16H19NO3. The fourth-order valence-electron chi connectivity index (χ4n) is 2.07. The van der Waals surface area contributed by atoms with Gasteiger partial charge in [0.1, 0.15) is 0 Å². The summed E-state index contributed by atoms with van der Waals surface area (Å²) in [6.45, 7) is 4.92. The minimum Gasteiger partial charge on any atom is -0.490 e. The average Bonchev–Trinajstić information content (AvgIpc) is 2.50. The van der Waals surface area contributed by atoms with E-state index in [1.807, 2.05) is 38.1 Å². The maximum atomic E-state index is 9.58. The first kappa shape index (κ1) is 14.3. The summed E-state index contributed by atoms with van der Waals surface area (Å²) in [6.07, 6.45) is 3.46. The molecule has 1 N–H and O–H groups in total. The molecule has 0 unspecified atom stereocenters. The average molecular weight is 273 g/mol. The predicted molar refractivity (Wildman–Crippen MR) is 77.9 cm³/mol. The quantitative estimate of drug-likeness (QED) is 0.879. The molecular weight excluding hydrogens is 254 g/mol. The molecule has 0 atom stereocenters. The van der Waals surface area contributed by atoms with Crippen molar-refractivity contribution in [2.45, 2.75) is 20.5 Å². The highest BCUT2D eigenvalue weighted by Crippen LogP contribution is 2.36. The molecule has 1 aromatic heterocycles. The van der Waals surface area contributed by atoms with Crippen molar-refractivity contribution in [2.75, 3.05) is 13.2 Å². The van der Waals surface area contributed by atoms with Crippen LogP contribution in [-0.2, 0) is 6.61 Å². The van der Waals surface area contributed by atoms with Gasteiger partial charge in [-0.05, 0) is 54.8 Å². The molecule has 0 aliphatic heterocycles. The number of hydrogen-bond donors (Lipinski definition) is 1. The van der Waals surface area contributed by atoms with Gasteiger partial charge in [-0.1, -0.05) is 0 Å². The van der Waals surface area contributed by atoms with Crippen LogP contribution in [0.25, 0.3) is 11.1 Å². The van der Waals surface area contributed by atoms with Crippen LogP contribution in [0.1, 0.15) is 19.4 Å². The van der Waals surface area contributed by atoms with E-state index >= 15 is 0 Å². The second-order valence-electron chi connectivity index (χ2n) is 4.22. The second kappa shape index (κ2) is 6.91. The summed E-state index contributed by atoms with van der Waals surface area (Å²) in [7, 11) is 0. The van der Waals surface area contributed by atoms with Gasteiger partial charge < -0.3 is 14.6 Å². The Morgan fingerprint density at radius 1 is 1.00 bits per heavy atom. The molecule has 20 heavy (non-hydrogen) atoms. The Morgan fingerprint density at radius 2 is 1.60 bits per heavy atom. The monoisotopic (exact) mass is 273 g/mol. The molecule has 0 aliphatic rings. The van der Waals surface area contributed by atoms with Gasteiger partial charge in [0.2, 0.25) is 0 Å². The Bertz CT molecular complexity index is 555. The maximum Gasteiger partial charge on any atom is 0.161 e. The summed E-state index contributed by atoms with van der Waals surface area (Å²) in [5.74, 6) is 1.36. The normalized spacial score (nSPS) is 10.3. The van der Waals surface area contributed by atoms with Crippen molar-refractivity contribution in [3.8, 4) is 22.6 Å². The summed E-state index contributed by atoms with van der Waals surface area (Å²) in [5, 5.41) is 9.58. The van der Waals surface area contributed by atoms with Crippen LogP contribution in [0.3, 0.4) is 0 Å². The van der Waals surface area contributed by atoms with E-state index in [1.54, 1.807) is 12.4 Å². The molecule has 0 bridgehead atoms. The summed E-state index contributed by atoms with van der Waals surface area (Å²) in [6, 6.07) is 7.56. The number of rotatable bonds is 6. The summed E-state index contributed by atoms with van der Waals surface area (Å²) in [4.78, 5) is 4.01. The van der Waals surface area contributed by atoms with E-state index in [0.717, 1.165) is 16.7 Å². The highest BCUT2D eigenvalue weighted by atomic mass is 16.5. The lowest BCUT2D eigenvalue weighted by Crippen LogP contribution is -2.01. The fraction of sp³-hybridized carbons (Fsp3) is 0.312. The van der Waals surface area contributed by atoms with Gasteiger partial charge in [0.05, 0.1) is 19.8 Å². The number of hydrogen-bond acceptors (Lipinski definition) is 4. The molecule has 0 fully saturated rings. The molecule has 0 aliphatic carbocycles. The van der Waals surface area contributed by atoms with Crippen LogP contribution in [-0.4, -0.2) is 23.3 Å². The molecule has 1 heterocycles. The van der Waals surface area contributed by atoms with Crippen LogP contribution in [0.5, 0.6) is 11.5 Å². The zero-order valence-corrected chi connectivity index (χ0v) is 11.8. The number of nitrogens with zero attached hydrogens (tertiary/aromatic N) is 1. The zero-order chi connectivity index (χ0) is 14.4. The Kier molecular flexibility index (Phi) is 4.96. The minimum atomic E-state index is -0.0515. The second-order valence-corrected chi connectivity index (χ2v) is 4.22. The number of benzene rings is 1. The Morgan fingerprint density at radius 3 is 2.15 bits per heavy atom. The molecule has 0 spiro atoms. The third-order valence-electron chi connectivity index (χ3n) is 2.93.